The maximum absolute atomic E-state index is 5.95. The molecule has 2 aromatic rings. The lowest BCUT2D eigenvalue weighted by Gasteiger charge is -2.11. The first-order chi connectivity index (χ1) is 10.7. The van der Waals surface area contributed by atoms with Crippen molar-refractivity contribution in [1.29, 1.82) is 0 Å². The average molecular weight is 428 g/mol. The van der Waals surface area contributed by atoms with Gasteiger partial charge in [-0.25, -0.2) is 9.98 Å². The third kappa shape index (κ3) is 5.68. The first-order valence-corrected chi connectivity index (χ1v) is 6.86. The van der Waals surface area contributed by atoms with Gasteiger partial charge in [0.25, 0.3) is 0 Å². The Bertz CT molecular complexity index is 649. The number of aromatic nitrogens is 1. The van der Waals surface area contributed by atoms with Gasteiger partial charge in [-0.3, -0.25) is 0 Å². The van der Waals surface area contributed by atoms with Gasteiger partial charge in [0.1, 0.15) is 0 Å². The number of nitrogens with zero attached hydrogens (tertiary/aromatic N) is 2. The van der Waals surface area contributed by atoms with E-state index in [9.17, 15) is 0 Å². The first-order valence-electron chi connectivity index (χ1n) is 6.86. The number of hydrogen-bond acceptors (Lipinski definition) is 4. The van der Waals surface area contributed by atoms with Crippen molar-refractivity contribution < 1.29 is 9.47 Å². The van der Waals surface area contributed by atoms with Crippen LogP contribution in [0.1, 0.15) is 11.1 Å². The fourth-order valence-corrected chi connectivity index (χ4v) is 2.00. The van der Waals surface area contributed by atoms with Gasteiger partial charge in [-0.05, 0) is 12.1 Å². The van der Waals surface area contributed by atoms with Gasteiger partial charge in [0.2, 0.25) is 5.88 Å². The van der Waals surface area contributed by atoms with Crippen LogP contribution in [0.15, 0.2) is 47.6 Å². The predicted molar refractivity (Wildman–Crippen MR) is 102 cm³/mol. The second-order valence-corrected chi connectivity index (χ2v) is 4.59. The number of nitrogens with two attached hydrogens (primary N) is 1. The summed E-state index contributed by atoms with van der Waals surface area (Å²) in [5.74, 6) is 0.883. The predicted octanol–water partition coefficient (Wildman–Crippen LogP) is 2.78. The molecule has 0 fully saturated rings. The van der Waals surface area contributed by atoms with Gasteiger partial charge in [-0.2, -0.15) is 0 Å². The summed E-state index contributed by atoms with van der Waals surface area (Å²) in [5.41, 5.74) is 8.72. The van der Waals surface area contributed by atoms with E-state index in [0.29, 0.717) is 25.0 Å². The molecule has 0 aliphatic carbocycles. The van der Waals surface area contributed by atoms with Crippen molar-refractivity contribution in [2.24, 2.45) is 10.7 Å². The lowest BCUT2D eigenvalue weighted by Crippen LogP contribution is -2.23. The molecule has 0 atom stereocenters. The number of aliphatic imine (C=N–C) groups is 1. The summed E-state index contributed by atoms with van der Waals surface area (Å²) in [6.07, 6.45) is 1.68. The number of ether oxygens (including phenoxy) is 2. The summed E-state index contributed by atoms with van der Waals surface area (Å²) in [6.45, 7) is 0.898. The zero-order valence-corrected chi connectivity index (χ0v) is 15.5. The molecule has 2 rings (SSSR count). The summed E-state index contributed by atoms with van der Waals surface area (Å²) in [7, 11) is 3.24. The number of anilines is 1. The molecule has 23 heavy (non-hydrogen) atoms. The topological polar surface area (TPSA) is 81.8 Å². The normalized spacial score (nSPS) is 10.8. The number of halogens is 1. The van der Waals surface area contributed by atoms with Gasteiger partial charge < -0.3 is 20.5 Å². The molecule has 0 spiro atoms. The Balaban J connectivity index is 0.00000264. The molecule has 0 radical (unpaired) electrons. The van der Waals surface area contributed by atoms with E-state index in [2.05, 4.69) is 15.3 Å². The Hall–Kier alpha value is -1.87. The van der Waals surface area contributed by atoms with Crippen LogP contribution in [0.4, 0.5) is 5.69 Å². The smallest absolute Gasteiger partial charge is 0.218 e. The zero-order chi connectivity index (χ0) is 15.8. The summed E-state index contributed by atoms with van der Waals surface area (Å²) in [5, 5.41) is 3.09. The van der Waals surface area contributed by atoms with Crippen LogP contribution in [0.2, 0.25) is 0 Å². The van der Waals surface area contributed by atoms with Crippen LogP contribution in [0.3, 0.4) is 0 Å². The van der Waals surface area contributed by atoms with E-state index in [1.807, 2.05) is 36.4 Å². The van der Waals surface area contributed by atoms with Crippen LogP contribution in [0.25, 0.3) is 0 Å². The van der Waals surface area contributed by atoms with Gasteiger partial charge in [0, 0.05) is 30.1 Å². The molecule has 0 bridgehead atoms. The molecule has 1 aromatic heterocycles. The minimum atomic E-state index is 0. The molecule has 0 unspecified atom stereocenters. The highest BCUT2D eigenvalue weighted by atomic mass is 127. The quantitative estimate of drug-likeness (QED) is 0.420. The number of rotatable bonds is 6. The van der Waals surface area contributed by atoms with E-state index in [1.54, 1.807) is 20.4 Å². The molecule has 6 nitrogen and oxygen atoms in total. The third-order valence-electron chi connectivity index (χ3n) is 3.04. The highest BCUT2D eigenvalue weighted by molar-refractivity contribution is 14.0. The fraction of sp³-hybridized carbons (Fsp3) is 0.250. The van der Waals surface area contributed by atoms with Crippen LogP contribution >= 0.6 is 24.0 Å². The minimum absolute atomic E-state index is 0. The number of hydrogen-bond donors (Lipinski definition) is 2. The SMILES string of the molecule is COCc1ccccc1NC(N)=NCc1cccnc1OC.I. The number of guanidine groups is 1. The molecule has 7 heteroatoms. The van der Waals surface area contributed by atoms with E-state index in [-0.39, 0.29) is 24.0 Å². The van der Waals surface area contributed by atoms with Crippen molar-refractivity contribution in [1.82, 2.24) is 4.98 Å². The number of pyridine rings is 1. The van der Waals surface area contributed by atoms with Crippen molar-refractivity contribution in [3.63, 3.8) is 0 Å². The van der Waals surface area contributed by atoms with Gasteiger partial charge in [0.15, 0.2) is 5.96 Å². The fourth-order valence-electron chi connectivity index (χ4n) is 2.00. The van der Waals surface area contributed by atoms with Crippen molar-refractivity contribution in [2.75, 3.05) is 19.5 Å². The Morgan fingerprint density at radius 1 is 1.17 bits per heavy atom. The molecule has 0 aliphatic rings. The number of nitrogens with one attached hydrogen (secondary N) is 1. The lowest BCUT2D eigenvalue weighted by atomic mass is 10.2. The molecule has 0 saturated carbocycles. The molecule has 0 saturated heterocycles. The van der Waals surface area contributed by atoms with Crippen LogP contribution in [0.5, 0.6) is 5.88 Å². The van der Waals surface area contributed by atoms with Gasteiger partial charge in [0.05, 0.1) is 20.3 Å². The van der Waals surface area contributed by atoms with Crippen molar-refractivity contribution in [3.8, 4) is 5.88 Å². The van der Waals surface area contributed by atoms with Crippen molar-refractivity contribution in [3.05, 3.63) is 53.7 Å². The maximum atomic E-state index is 5.95. The Morgan fingerprint density at radius 2 is 1.91 bits per heavy atom. The van der Waals surface area contributed by atoms with Crippen LogP contribution in [0, 0.1) is 0 Å². The molecular formula is C16H21IN4O2. The zero-order valence-electron chi connectivity index (χ0n) is 13.2. The van der Waals surface area contributed by atoms with Crippen molar-refractivity contribution in [2.45, 2.75) is 13.2 Å². The molecule has 3 N–H and O–H groups in total. The van der Waals surface area contributed by atoms with Gasteiger partial charge in [-0.1, -0.05) is 24.3 Å². The number of benzene rings is 1. The second-order valence-electron chi connectivity index (χ2n) is 4.59. The lowest BCUT2D eigenvalue weighted by molar-refractivity contribution is 0.185. The van der Waals surface area contributed by atoms with E-state index < -0.39 is 0 Å². The summed E-state index contributed by atoms with van der Waals surface area (Å²) in [6, 6.07) is 11.5. The minimum Gasteiger partial charge on any atom is -0.481 e. The Labute approximate surface area is 153 Å². The third-order valence-corrected chi connectivity index (χ3v) is 3.04. The number of para-hydroxylation sites is 1. The average Bonchev–Trinajstić information content (AvgIpc) is 2.55. The van der Waals surface area contributed by atoms with Crippen LogP contribution in [-0.4, -0.2) is 25.2 Å². The summed E-state index contributed by atoms with van der Waals surface area (Å²) >= 11 is 0. The molecule has 0 aliphatic heterocycles. The standard InChI is InChI=1S/C16H20N4O2.HI/c1-21-11-13-6-3-4-8-14(13)20-16(17)19-10-12-7-5-9-18-15(12)22-2;/h3-9H,10-11H2,1-2H3,(H3,17,19,20);1H. The highest BCUT2D eigenvalue weighted by Gasteiger charge is 2.04. The molecule has 0 amide bonds. The first kappa shape index (κ1) is 19.2. The summed E-state index contributed by atoms with van der Waals surface area (Å²) < 4.78 is 10.4. The van der Waals surface area contributed by atoms with Crippen LogP contribution < -0.4 is 15.8 Å². The largest absolute Gasteiger partial charge is 0.481 e. The van der Waals surface area contributed by atoms with Crippen LogP contribution in [-0.2, 0) is 17.9 Å². The summed E-state index contributed by atoms with van der Waals surface area (Å²) in [4.78, 5) is 8.45. The Kier molecular flexibility index (Phi) is 8.35. The maximum Gasteiger partial charge on any atom is 0.218 e. The van der Waals surface area contributed by atoms with E-state index in [4.69, 9.17) is 15.2 Å². The van der Waals surface area contributed by atoms with Crippen molar-refractivity contribution >= 4 is 35.6 Å². The monoisotopic (exact) mass is 428 g/mol. The van der Waals surface area contributed by atoms with E-state index in [0.717, 1.165) is 16.8 Å². The Morgan fingerprint density at radius 3 is 2.65 bits per heavy atom. The van der Waals surface area contributed by atoms with E-state index >= 15 is 0 Å². The second kappa shape index (κ2) is 10.0. The molecule has 124 valence electrons. The van der Waals surface area contributed by atoms with Gasteiger partial charge >= 0.3 is 0 Å². The highest BCUT2D eigenvalue weighted by Crippen LogP contribution is 2.16. The molecule has 1 heterocycles. The molecular weight excluding hydrogens is 407 g/mol. The van der Waals surface area contributed by atoms with Gasteiger partial charge in [-0.15, -0.1) is 24.0 Å². The number of methoxy groups -OCH3 is 2. The molecule has 1 aromatic carbocycles. The van der Waals surface area contributed by atoms with E-state index in [1.165, 1.54) is 0 Å².